The normalized spacial score (nSPS) is 30.3. The van der Waals surface area contributed by atoms with Crippen molar-refractivity contribution in [1.82, 2.24) is 14.8 Å². The Morgan fingerprint density at radius 2 is 2.20 bits per heavy atom. The molecule has 1 aromatic heterocycles. The standard InChI is InChI=1S/C20H31N3O2/c1-24-14-19-12-20(16-23(19)13-17-4-2-3-8-21-17)6-9-22(10-7-20)18-5-11-25-15-18/h2-4,8,18-19H,5-7,9-16H2,1H3. The van der Waals surface area contributed by atoms with Gasteiger partial charge in [-0.3, -0.25) is 14.8 Å². The Bertz CT molecular complexity index is 539. The van der Waals surface area contributed by atoms with Crippen LogP contribution >= 0.6 is 0 Å². The van der Waals surface area contributed by atoms with Crippen LogP contribution in [0.2, 0.25) is 0 Å². The van der Waals surface area contributed by atoms with Crippen LogP contribution in [0.15, 0.2) is 24.4 Å². The van der Waals surface area contributed by atoms with Crippen LogP contribution < -0.4 is 0 Å². The average molecular weight is 345 g/mol. The van der Waals surface area contributed by atoms with E-state index in [-0.39, 0.29) is 0 Å². The molecule has 3 fully saturated rings. The van der Waals surface area contributed by atoms with Crippen molar-refractivity contribution in [2.75, 3.05) is 46.6 Å². The number of aromatic nitrogens is 1. The number of hydrogen-bond acceptors (Lipinski definition) is 5. The predicted molar refractivity (Wildman–Crippen MR) is 97.4 cm³/mol. The lowest BCUT2D eigenvalue weighted by atomic mass is 9.76. The summed E-state index contributed by atoms with van der Waals surface area (Å²) < 4.78 is 11.1. The van der Waals surface area contributed by atoms with E-state index in [2.05, 4.69) is 26.9 Å². The summed E-state index contributed by atoms with van der Waals surface area (Å²) in [5, 5.41) is 0. The van der Waals surface area contributed by atoms with E-state index in [4.69, 9.17) is 9.47 Å². The first-order valence-corrected chi connectivity index (χ1v) is 9.73. The van der Waals surface area contributed by atoms with Gasteiger partial charge in [0.1, 0.15) is 0 Å². The van der Waals surface area contributed by atoms with E-state index < -0.39 is 0 Å². The van der Waals surface area contributed by atoms with E-state index in [1.165, 1.54) is 51.0 Å². The van der Waals surface area contributed by atoms with Crippen LogP contribution in [0.1, 0.15) is 31.4 Å². The van der Waals surface area contributed by atoms with Crippen molar-refractivity contribution < 1.29 is 9.47 Å². The lowest BCUT2D eigenvalue weighted by molar-refractivity contribution is 0.0677. The van der Waals surface area contributed by atoms with Gasteiger partial charge in [0.05, 0.1) is 18.9 Å². The highest BCUT2D eigenvalue weighted by Crippen LogP contribution is 2.44. The zero-order chi connectivity index (χ0) is 17.1. The predicted octanol–water partition coefficient (Wildman–Crippen LogP) is 2.17. The maximum atomic E-state index is 5.59. The molecule has 1 spiro atoms. The number of ether oxygens (including phenoxy) is 2. The molecule has 5 heteroatoms. The number of nitrogens with zero attached hydrogens (tertiary/aromatic N) is 3. The van der Waals surface area contributed by atoms with E-state index in [9.17, 15) is 0 Å². The summed E-state index contributed by atoms with van der Waals surface area (Å²) in [5.41, 5.74) is 1.63. The Kier molecular flexibility index (Phi) is 5.36. The number of hydrogen-bond donors (Lipinski definition) is 0. The Labute approximate surface area is 151 Å². The lowest BCUT2D eigenvalue weighted by Crippen LogP contribution is -2.46. The first kappa shape index (κ1) is 17.4. The van der Waals surface area contributed by atoms with Gasteiger partial charge in [0.15, 0.2) is 0 Å². The number of methoxy groups -OCH3 is 1. The number of pyridine rings is 1. The molecule has 138 valence electrons. The second-order valence-electron chi connectivity index (χ2n) is 8.09. The molecule has 0 N–H and O–H groups in total. The smallest absolute Gasteiger partial charge is 0.0622 e. The molecule has 25 heavy (non-hydrogen) atoms. The van der Waals surface area contributed by atoms with Gasteiger partial charge in [-0.1, -0.05) is 6.07 Å². The Morgan fingerprint density at radius 3 is 2.88 bits per heavy atom. The van der Waals surface area contributed by atoms with Crippen molar-refractivity contribution in [3.63, 3.8) is 0 Å². The number of piperidine rings is 1. The molecule has 3 aliphatic rings. The molecule has 4 heterocycles. The molecule has 5 nitrogen and oxygen atoms in total. The molecule has 0 bridgehead atoms. The Balaban J connectivity index is 1.39. The van der Waals surface area contributed by atoms with Gasteiger partial charge in [-0.05, 0) is 56.3 Å². The maximum Gasteiger partial charge on any atom is 0.0622 e. The van der Waals surface area contributed by atoms with Crippen LogP contribution in [-0.4, -0.2) is 73.4 Å². The highest BCUT2D eigenvalue weighted by molar-refractivity contribution is 5.06. The van der Waals surface area contributed by atoms with Gasteiger partial charge < -0.3 is 9.47 Å². The Hall–Kier alpha value is -1.01. The van der Waals surface area contributed by atoms with Crippen LogP contribution in [0.25, 0.3) is 0 Å². The summed E-state index contributed by atoms with van der Waals surface area (Å²) >= 11 is 0. The second kappa shape index (κ2) is 7.70. The van der Waals surface area contributed by atoms with E-state index >= 15 is 0 Å². The van der Waals surface area contributed by atoms with Crippen LogP contribution in [0, 0.1) is 5.41 Å². The molecular formula is C20H31N3O2. The van der Waals surface area contributed by atoms with Crippen LogP contribution in [0.4, 0.5) is 0 Å². The van der Waals surface area contributed by atoms with E-state index in [0.717, 1.165) is 26.4 Å². The average Bonchev–Trinajstić information content (AvgIpc) is 3.27. The molecule has 0 aliphatic carbocycles. The summed E-state index contributed by atoms with van der Waals surface area (Å²) in [5.74, 6) is 0. The zero-order valence-corrected chi connectivity index (χ0v) is 15.4. The SMILES string of the molecule is COCC1CC2(CCN(C3CCOC3)CC2)CN1Cc1ccccn1. The second-order valence-corrected chi connectivity index (χ2v) is 8.09. The van der Waals surface area contributed by atoms with Crippen molar-refractivity contribution in [1.29, 1.82) is 0 Å². The summed E-state index contributed by atoms with van der Waals surface area (Å²) in [7, 11) is 1.83. The molecule has 2 atom stereocenters. The molecule has 3 aliphatic heterocycles. The van der Waals surface area contributed by atoms with E-state index in [0.29, 0.717) is 17.5 Å². The molecule has 3 saturated heterocycles. The van der Waals surface area contributed by atoms with Crippen molar-refractivity contribution in [2.45, 2.75) is 44.3 Å². The molecule has 0 amide bonds. The molecular weight excluding hydrogens is 314 g/mol. The first-order valence-electron chi connectivity index (χ1n) is 9.73. The summed E-state index contributed by atoms with van der Waals surface area (Å²) in [6.07, 6.45) is 6.99. The maximum absolute atomic E-state index is 5.59. The summed E-state index contributed by atoms with van der Waals surface area (Å²) in [6, 6.07) is 7.40. The number of likely N-dealkylation sites (tertiary alicyclic amines) is 2. The van der Waals surface area contributed by atoms with E-state index in [1.54, 1.807) is 0 Å². The molecule has 4 rings (SSSR count). The quantitative estimate of drug-likeness (QED) is 0.818. The van der Waals surface area contributed by atoms with Crippen LogP contribution in [0.3, 0.4) is 0 Å². The highest BCUT2D eigenvalue weighted by Gasteiger charge is 2.46. The number of rotatable bonds is 5. The molecule has 2 unspecified atom stereocenters. The summed E-state index contributed by atoms with van der Waals surface area (Å²) in [4.78, 5) is 9.81. The minimum atomic E-state index is 0.466. The van der Waals surface area contributed by atoms with Crippen molar-refractivity contribution in [2.24, 2.45) is 5.41 Å². The van der Waals surface area contributed by atoms with Gasteiger partial charge in [-0.15, -0.1) is 0 Å². The summed E-state index contributed by atoms with van der Waals surface area (Å²) in [6.45, 7) is 7.29. The third kappa shape index (κ3) is 3.90. The van der Waals surface area contributed by atoms with Crippen molar-refractivity contribution >= 4 is 0 Å². The fraction of sp³-hybridized carbons (Fsp3) is 0.750. The lowest BCUT2D eigenvalue weighted by Gasteiger charge is -2.41. The first-order chi connectivity index (χ1) is 12.3. The van der Waals surface area contributed by atoms with Gasteiger partial charge in [-0.2, -0.15) is 0 Å². The monoisotopic (exact) mass is 345 g/mol. The van der Waals surface area contributed by atoms with Gasteiger partial charge in [0, 0.05) is 45.1 Å². The van der Waals surface area contributed by atoms with Crippen molar-refractivity contribution in [3.05, 3.63) is 30.1 Å². The minimum absolute atomic E-state index is 0.466. The fourth-order valence-corrected chi connectivity index (χ4v) is 5.03. The highest BCUT2D eigenvalue weighted by atomic mass is 16.5. The van der Waals surface area contributed by atoms with E-state index in [1.807, 2.05) is 19.4 Å². The molecule has 0 aromatic carbocycles. The minimum Gasteiger partial charge on any atom is -0.383 e. The molecule has 0 radical (unpaired) electrons. The molecule has 0 saturated carbocycles. The largest absolute Gasteiger partial charge is 0.383 e. The van der Waals surface area contributed by atoms with Gasteiger partial charge in [-0.25, -0.2) is 0 Å². The van der Waals surface area contributed by atoms with Gasteiger partial charge in [0.2, 0.25) is 0 Å². The molecule has 1 aromatic rings. The third-order valence-electron chi connectivity index (χ3n) is 6.45. The topological polar surface area (TPSA) is 37.8 Å². The Morgan fingerprint density at radius 1 is 1.32 bits per heavy atom. The van der Waals surface area contributed by atoms with Crippen molar-refractivity contribution in [3.8, 4) is 0 Å². The van der Waals surface area contributed by atoms with Gasteiger partial charge in [0.25, 0.3) is 0 Å². The third-order valence-corrected chi connectivity index (χ3v) is 6.45. The van der Waals surface area contributed by atoms with Gasteiger partial charge >= 0.3 is 0 Å². The fourth-order valence-electron chi connectivity index (χ4n) is 5.03. The zero-order valence-electron chi connectivity index (χ0n) is 15.4. The van der Waals surface area contributed by atoms with Crippen LogP contribution in [0.5, 0.6) is 0 Å². The van der Waals surface area contributed by atoms with Crippen LogP contribution in [-0.2, 0) is 16.0 Å².